The summed E-state index contributed by atoms with van der Waals surface area (Å²) in [7, 11) is 1.23. The highest BCUT2D eigenvalue weighted by Crippen LogP contribution is 2.26. The van der Waals surface area contributed by atoms with Crippen molar-refractivity contribution in [2.45, 2.75) is 0 Å². The molecule has 2 amide bonds. The number of anilines is 2. The van der Waals surface area contributed by atoms with Crippen molar-refractivity contribution < 1.29 is 33.0 Å². The molecule has 174 valence electrons. The maximum absolute atomic E-state index is 14.1. The molecule has 0 saturated heterocycles. The molecule has 0 spiro atoms. The minimum atomic E-state index is -0.951. The van der Waals surface area contributed by atoms with Gasteiger partial charge in [-0.2, -0.15) is 0 Å². The quantitative estimate of drug-likeness (QED) is 0.384. The second kappa shape index (κ2) is 9.68. The van der Waals surface area contributed by atoms with Crippen molar-refractivity contribution in [3.63, 3.8) is 0 Å². The predicted octanol–water partition coefficient (Wildman–Crippen LogP) is 4.29. The average molecular weight is 472 g/mol. The maximum atomic E-state index is 14.1. The van der Waals surface area contributed by atoms with E-state index in [1.807, 2.05) is 0 Å². The first kappa shape index (κ1) is 23.7. The van der Waals surface area contributed by atoms with E-state index in [1.165, 1.54) is 19.2 Å². The van der Waals surface area contributed by atoms with Gasteiger partial charge >= 0.3 is 0 Å². The van der Waals surface area contributed by atoms with Gasteiger partial charge in [-0.25, -0.2) is 8.78 Å². The highest BCUT2D eigenvalue weighted by Gasteiger charge is 2.20. The summed E-state index contributed by atoms with van der Waals surface area (Å²) in [5.41, 5.74) is -2.24. The molecule has 0 aliphatic rings. The van der Waals surface area contributed by atoms with Gasteiger partial charge in [-0.1, -0.05) is 0 Å². The lowest BCUT2D eigenvalue weighted by Crippen LogP contribution is -2.17. The first-order chi connectivity index (χ1) is 16.1. The van der Waals surface area contributed by atoms with E-state index < -0.39 is 56.0 Å². The Morgan fingerprint density at radius 2 is 1.29 bits per heavy atom. The number of benzene rings is 3. The van der Waals surface area contributed by atoms with Crippen LogP contribution in [0.5, 0.6) is 5.75 Å². The molecule has 0 atom stereocenters. The number of carbonyl (C=O) groups is 2. The van der Waals surface area contributed by atoms with Crippen LogP contribution >= 0.6 is 0 Å². The molecule has 0 aliphatic carbocycles. The first-order valence-electron chi connectivity index (χ1n) is 9.29. The van der Waals surface area contributed by atoms with Crippen LogP contribution in [0.1, 0.15) is 20.7 Å². The molecule has 2 N–H and O–H groups in total. The zero-order valence-corrected chi connectivity index (χ0v) is 17.2. The molecule has 3 aromatic rings. The van der Waals surface area contributed by atoms with Crippen LogP contribution in [0, 0.1) is 31.9 Å². The van der Waals surface area contributed by atoms with Crippen LogP contribution in [0.25, 0.3) is 0 Å². The molecule has 13 heteroatoms. The van der Waals surface area contributed by atoms with E-state index in [4.69, 9.17) is 4.74 Å². The zero-order chi connectivity index (χ0) is 25.0. The van der Waals surface area contributed by atoms with Crippen LogP contribution in [-0.2, 0) is 0 Å². The molecule has 3 aromatic carbocycles. The largest absolute Gasteiger partial charge is 0.496 e. The van der Waals surface area contributed by atoms with Gasteiger partial charge in [0.15, 0.2) is 0 Å². The van der Waals surface area contributed by atoms with Crippen LogP contribution in [0.2, 0.25) is 0 Å². The highest BCUT2D eigenvalue weighted by molar-refractivity contribution is 6.10. The minimum Gasteiger partial charge on any atom is -0.496 e. The molecular formula is C21H14F2N4O7. The summed E-state index contributed by atoms with van der Waals surface area (Å²) in [5, 5.41) is 26.2. The standard InChI is InChI=1S/C21H14F2N4O7/c1-34-19-7-2-11(20(28)24-17-9-12(26(30)31)3-5-15(17)22)8-14(19)21(29)25-18-10-13(27(32)33)4-6-16(18)23/h2-10H,1H3,(H,24,28)(H,25,29). The van der Waals surface area contributed by atoms with Crippen molar-refractivity contribution in [2.75, 3.05) is 17.7 Å². The normalized spacial score (nSPS) is 10.3. The van der Waals surface area contributed by atoms with Crippen LogP contribution in [-0.4, -0.2) is 28.8 Å². The molecular weight excluding hydrogens is 458 g/mol. The third-order valence-corrected chi connectivity index (χ3v) is 4.52. The maximum Gasteiger partial charge on any atom is 0.271 e. The molecule has 0 saturated carbocycles. The second-order valence-electron chi connectivity index (χ2n) is 6.67. The van der Waals surface area contributed by atoms with E-state index in [0.29, 0.717) is 0 Å². The Balaban J connectivity index is 1.90. The topological polar surface area (TPSA) is 154 Å². The molecule has 0 fully saturated rings. The van der Waals surface area contributed by atoms with Crippen molar-refractivity contribution in [3.8, 4) is 5.75 Å². The smallest absolute Gasteiger partial charge is 0.271 e. The zero-order valence-electron chi connectivity index (χ0n) is 17.2. The van der Waals surface area contributed by atoms with Crippen molar-refractivity contribution in [2.24, 2.45) is 0 Å². The third kappa shape index (κ3) is 5.09. The SMILES string of the molecule is COc1ccc(C(=O)Nc2cc([N+](=O)[O-])ccc2F)cc1C(=O)Nc1cc([N+](=O)[O-])ccc1F. The molecule has 3 rings (SSSR count). The number of hydrogen-bond donors (Lipinski definition) is 2. The number of nitro benzene ring substituents is 2. The van der Waals surface area contributed by atoms with Crippen molar-refractivity contribution in [3.05, 3.63) is 97.6 Å². The fraction of sp³-hybridized carbons (Fsp3) is 0.0476. The summed E-state index contributed by atoms with van der Waals surface area (Å²) < 4.78 is 33.1. The van der Waals surface area contributed by atoms with E-state index in [2.05, 4.69) is 10.6 Å². The van der Waals surface area contributed by atoms with Gasteiger partial charge in [0.1, 0.15) is 17.4 Å². The molecule has 0 bridgehead atoms. The molecule has 0 heterocycles. The fourth-order valence-corrected chi connectivity index (χ4v) is 2.86. The van der Waals surface area contributed by atoms with Gasteiger partial charge in [0.25, 0.3) is 23.2 Å². The Hall–Kier alpha value is -4.94. The van der Waals surface area contributed by atoms with Gasteiger partial charge in [0.2, 0.25) is 0 Å². The van der Waals surface area contributed by atoms with Gasteiger partial charge in [-0.3, -0.25) is 29.8 Å². The number of ether oxygens (including phenoxy) is 1. The van der Waals surface area contributed by atoms with E-state index in [9.17, 15) is 38.6 Å². The Bertz CT molecular complexity index is 1330. The number of hydrogen-bond acceptors (Lipinski definition) is 7. The number of carbonyl (C=O) groups excluding carboxylic acids is 2. The Morgan fingerprint density at radius 3 is 1.76 bits per heavy atom. The molecule has 0 radical (unpaired) electrons. The number of rotatable bonds is 7. The summed E-state index contributed by atoms with van der Waals surface area (Å²) in [4.78, 5) is 45.6. The third-order valence-electron chi connectivity index (χ3n) is 4.52. The van der Waals surface area contributed by atoms with Crippen molar-refractivity contribution >= 4 is 34.6 Å². The number of non-ortho nitro benzene ring substituents is 2. The fourth-order valence-electron chi connectivity index (χ4n) is 2.86. The van der Waals surface area contributed by atoms with Crippen LogP contribution in [0.4, 0.5) is 31.5 Å². The average Bonchev–Trinajstić information content (AvgIpc) is 2.80. The van der Waals surface area contributed by atoms with Gasteiger partial charge in [0, 0.05) is 29.8 Å². The van der Waals surface area contributed by atoms with E-state index in [1.54, 1.807) is 0 Å². The molecule has 11 nitrogen and oxygen atoms in total. The molecule has 0 aliphatic heterocycles. The number of halogens is 2. The van der Waals surface area contributed by atoms with Gasteiger partial charge in [-0.05, 0) is 30.3 Å². The molecule has 0 unspecified atom stereocenters. The van der Waals surface area contributed by atoms with Gasteiger partial charge in [-0.15, -0.1) is 0 Å². The summed E-state index contributed by atoms with van der Waals surface area (Å²) >= 11 is 0. The first-order valence-corrected chi connectivity index (χ1v) is 9.29. The highest BCUT2D eigenvalue weighted by atomic mass is 19.1. The number of methoxy groups -OCH3 is 1. The summed E-state index contributed by atoms with van der Waals surface area (Å²) in [5.74, 6) is -3.73. The van der Waals surface area contributed by atoms with Gasteiger partial charge in [0.05, 0.1) is 33.9 Å². The van der Waals surface area contributed by atoms with E-state index in [0.717, 1.165) is 42.5 Å². The number of amides is 2. The summed E-state index contributed by atoms with van der Waals surface area (Å²) in [6.07, 6.45) is 0. The van der Waals surface area contributed by atoms with Crippen LogP contribution in [0.3, 0.4) is 0 Å². The number of nitrogens with one attached hydrogen (secondary N) is 2. The molecule has 0 aromatic heterocycles. The molecule has 34 heavy (non-hydrogen) atoms. The predicted molar refractivity (Wildman–Crippen MR) is 115 cm³/mol. The lowest BCUT2D eigenvalue weighted by molar-refractivity contribution is -0.385. The van der Waals surface area contributed by atoms with Crippen LogP contribution in [0.15, 0.2) is 54.6 Å². The van der Waals surface area contributed by atoms with E-state index >= 15 is 0 Å². The lowest BCUT2D eigenvalue weighted by Gasteiger charge is -2.12. The Morgan fingerprint density at radius 1 is 0.794 bits per heavy atom. The minimum absolute atomic E-state index is 0.0126. The van der Waals surface area contributed by atoms with Gasteiger partial charge < -0.3 is 15.4 Å². The van der Waals surface area contributed by atoms with Crippen molar-refractivity contribution in [1.82, 2.24) is 0 Å². The van der Waals surface area contributed by atoms with Crippen LogP contribution < -0.4 is 15.4 Å². The summed E-state index contributed by atoms with van der Waals surface area (Å²) in [6.45, 7) is 0. The lowest BCUT2D eigenvalue weighted by atomic mass is 10.1. The number of nitrogens with zero attached hydrogens (tertiary/aromatic N) is 2. The van der Waals surface area contributed by atoms with E-state index in [-0.39, 0.29) is 16.9 Å². The Labute approximate surface area is 189 Å². The van der Waals surface area contributed by atoms with Crippen molar-refractivity contribution in [1.29, 1.82) is 0 Å². The second-order valence-corrected chi connectivity index (χ2v) is 6.67. The summed E-state index contributed by atoms with van der Waals surface area (Å²) in [6, 6.07) is 8.67. The Kier molecular flexibility index (Phi) is 6.76. The number of nitro groups is 2. The monoisotopic (exact) mass is 472 g/mol.